The van der Waals surface area contributed by atoms with Crippen molar-refractivity contribution in [1.82, 2.24) is 4.98 Å². The molecule has 0 aliphatic carbocycles. The molecule has 1 aromatic carbocycles. The van der Waals surface area contributed by atoms with Crippen molar-refractivity contribution in [2.75, 3.05) is 11.9 Å². The first-order valence-electron chi connectivity index (χ1n) is 5.01. The monoisotopic (exact) mass is 253 g/mol. The maximum Gasteiger partial charge on any atom is 0.319 e. The van der Waals surface area contributed by atoms with Gasteiger partial charge in [-0.1, -0.05) is 0 Å². The number of anilines is 1. The van der Waals surface area contributed by atoms with Gasteiger partial charge in [-0.05, 0) is 19.1 Å². The fourth-order valence-electron chi connectivity index (χ4n) is 1.53. The van der Waals surface area contributed by atoms with Crippen LogP contribution in [0.1, 0.15) is 6.92 Å². The largest absolute Gasteiger partial charge is 0.394 e. The smallest absolute Gasteiger partial charge is 0.319 e. The third kappa shape index (κ3) is 2.20. The summed E-state index contributed by atoms with van der Waals surface area (Å²) in [6, 6.07) is 3.18. The van der Waals surface area contributed by atoms with Gasteiger partial charge in [-0.15, -0.1) is 11.3 Å². The lowest BCUT2D eigenvalue weighted by atomic mass is 10.2. The van der Waals surface area contributed by atoms with Crippen LogP contribution in [0.15, 0.2) is 17.6 Å². The van der Waals surface area contributed by atoms with Crippen LogP contribution in [0.25, 0.3) is 10.2 Å². The maximum absolute atomic E-state index is 11.1. The van der Waals surface area contributed by atoms with Crippen LogP contribution in [-0.2, 0) is 0 Å². The van der Waals surface area contributed by atoms with Gasteiger partial charge in [0.25, 0.3) is 0 Å². The highest BCUT2D eigenvalue weighted by Crippen LogP contribution is 2.34. The molecule has 90 valence electrons. The minimum Gasteiger partial charge on any atom is -0.394 e. The molecule has 17 heavy (non-hydrogen) atoms. The number of nitrogens with one attached hydrogen (secondary N) is 1. The van der Waals surface area contributed by atoms with E-state index in [0.717, 1.165) is 4.70 Å². The van der Waals surface area contributed by atoms with Gasteiger partial charge in [-0.3, -0.25) is 10.1 Å². The summed E-state index contributed by atoms with van der Waals surface area (Å²) in [5.41, 5.74) is 2.31. The van der Waals surface area contributed by atoms with Gasteiger partial charge in [0.2, 0.25) is 0 Å². The number of fused-ring (bicyclic) bond motifs is 1. The van der Waals surface area contributed by atoms with Gasteiger partial charge in [-0.2, -0.15) is 0 Å². The average Bonchev–Trinajstić information content (AvgIpc) is 2.75. The van der Waals surface area contributed by atoms with Crippen LogP contribution in [0.5, 0.6) is 0 Å². The third-order valence-corrected chi connectivity index (χ3v) is 3.13. The first kappa shape index (κ1) is 11.7. The fourth-order valence-corrected chi connectivity index (χ4v) is 2.21. The Balaban J connectivity index is 2.54. The van der Waals surface area contributed by atoms with Crippen LogP contribution >= 0.6 is 11.3 Å². The van der Waals surface area contributed by atoms with Gasteiger partial charge in [0.1, 0.15) is 5.69 Å². The van der Waals surface area contributed by atoms with E-state index in [-0.39, 0.29) is 18.3 Å². The lowest BCUT2D eigenvalue weighted by Crippen LogP contribution is -2.19. The van der Waals surface area contributed by atoms with E-state index < -0.39 is 4.92 Å². The van der Waals surface area contributed by atoms with Crippen LogP contribution in [0.3, 0.4) is 0 Å². The Bertz CT molecular complexity index is 555. The van der Waals surface area contributed by atoms with Crippen molar-refractivity contribution in [3.8, 4) is 0 Å². The van der Waals surface area contributed by atoms with Gasteiger partial charge in [-0.25, -0.2) is 4.98 Å². The molecule has 0 bridgehead atoms. The van der Waals surface area contributed by atoms with E-state index in [1.807, 2.05) is 0 Å². The fraction of sp³-hybridized carbons (Fsp3) is 0.300. The van der Waals surface area contributed by atoms with E-state index in [2.05, 4.69) is 10.3 Å². The van der Waals surface area contributed by atoms with Crippen LogP contribution < -0.4 is 5.32 Å². The number of nitro groups is 1. The zero-order valence-electron chi connectivity index (χ0n) is 9.08. The van der Waals surface area contributed by atoms with Gasteiger partial charge >= 0.3 is 5.69 Å². The van der Waals surface area contributed by atoms with Gasteiger partial charge in [0.15, 0.2) is 5.52 Å². The van der Waals surface area contributed by atoms with Crippen molar-refractivity contribution < 1.29 is 10.0 Å². The number of aliphatic hydroxyl groups excluding tert-OH is 1. The molecule has 1 atom stereocenters. The molecule has 1 heterocycles. The highest BCUT2D eigenvalue weighted by molar-refractivity contribution is 7.16. The number of nitro benzene ring substituents is 1. The van der Waals surface area contributed by atoms with Crippen molar-refractivity contribution in [3.63, 3.8) is 0 Å². The minimum absolute atomic E-state index is 0.0379. The predicted octanol–water partition coefficient (Wildman–Crippen LogP) is 2.00. The highest BCUT2D eigenvalue weighted by Gasteiger charge is 2.21. The second-order valence-electron chi connectivity index (χ2n) is 3.65. The summed E-state index contributed by atoms with van der Waals surface area (Å²) < 4.78 is 0.777. The first-order valence-corrected chi connectivity index (χ1v) is 5.89. The number of benzene rings is 1. The summed E-state index contributed by atoms with van der Waals surface area (Å²) in [7, 11) is 0. The minimum atomic E-state index is -0.450. The summed E-state index contributed by atoms with van der Waals surface area (Å²) >= 11 is 1.36. The number of aromatic nitrogens is 1. The number of rotatable bonds is 4. The zero-order chi connectivity index (χ0) is 12.4. The summed E-state index contributed by atoms with van der Waals surface area (Å²) in [6.07, 6.45) is 0. The Kier molecular flexibility index (Phi) is 3.21. The van der Waals surface area contributed by atoms with Crippen molar-refractivity contribution in [1.29, 1.82) is 0 Å². The molecule has 0 aliphatic heterocycles. The summed E-state index contributed by atoms with van der Waals surface area (Å²) in [5, 5.41) is 22.9. The molecule has 0 saturated heterocycles. The Morgan fingerprint density at radius 3 is 3.06 bits per heavy atom. The second kappa shape index (κ2) is 4.64. The number of hydrogen-bond donors (Lipinski definition) is 2. The van der Waals surface area contributed by atoms with Gasteiger partial charge < -0.3 is 10.4 Å². The predicted molar refractivity (Wildman–Crippen MR) is 66.4 cm³/mol. The SMILES string of the molecule is CC(CO)Nc1ccc2scnc2c1[N+](=O)[O-]. The first-order chi connectivity index (χ1) is 8.13. The normalized spacial score (nSPS) is 12.6. The summed E-state index contributed by atoms with van der Waals surface area (Å²) in [6.45, 7) is 1.65. The van der Waals surface area contributed by atoms with Crippen molar-refractivity contribution in [2.24, 2.45) is 0 Å². The van der Waals surface area contributed by atoms with Crippen molar-refractivity contribution in [2.45, 2.75) is 13.0 Å². The Morgan fingerprint density at radius 1 is 1.65 bits per heavy atom. The van der Waals surface area contributed by atoms with E-state index in [1.165, 1.54) is 11.3 Å². The van der Waals surface area contributed by atoms with Gasteiger partial charge in [0.05, 0.1) is 21.7 Å². The maximum atomic E-state index is 11.1. The molecule has 0 aliphatic rings. The van der Waals surface area contributed by atoms with Crippen molar-refractivity contribution in [3.05, 3.63) is 27.8 Å². The lowest BCUT2D eigenvalue weighted by Gasteiger charge is -2.12. The van der Waals surface area contributed by atoms with Gasteiger partial charge in [0, 0.05) is 6.04 Å². The molecule has 0 saturated carbocycles. The Hall–Kier alpha value is -1.73. The van der Waals surface area contributed by atoms with Crippen LogP contribution in [0.4, 0.5) is 11.4 Å². The molecule has 0 radical (unpaired) electrons. The molecule has 2 N–H and O–H groups in total. The van der Waals surface area contributed by atoms with E-state index in [9.17, 15) is 10.1 Å². The van der Waals surface area contributed by atoms with E-state index in [4.69, 9.17) is 5.11 Å². The number of aliphatic hydroxyl groups is 1. The Labute approximate surface area is 101 Å². The van der Waals surface area contributed by atoms with E-state index >= 15 is 0 Å². The van der Waals surface area contributed by atoms with Crippen LogP contribution in [0, 0.1) is 10.1 Å². The molecule has 1 unspecified atom stereocenters. The molecule has 2 aromatic rings. The molecule has 2 rings (SSSR count). The number of nitrogens with zero attached hydrogens (tertiary/aromatic N) is 2. The average molecular weight is 253 g/mol. The molecule has 1 aromatic heterocycles. The van der Waals surface area contributed by atoms with Crippen LogP contribution in [0.2, 0.25) is 0 Å². The molecule has 6 nitrogen and oxygen atoms in total. The Morgan fingerprint density at radius 2 is 2.41 bits per heavy atom. The van der Waals surface area contributed by atoms with Crippen LogP contribution in [-0.4, -0.2) is 27.7 Å². The molecule has 0 amide bonds. The topological polar surface area (TPSA) is 88.3 Å². The number of thiazole rings is 1. The lowest BCUT2D eigenvalue weighted by molar-refractivity contribution is -0.382. The molecular formula is C10H11N3O3S. The molecule has 7 heteroatoms. The summed E-state index contributed by atoms with van der Waals surface area (Å²) in [5.74, 6) is 0. The van der Waals surface area contributed by atoms with E-state index in [0.29, 0.717) is 11.2 Å². The highest BCUT2D eigenvalue weighted by atomic mass is 32.1. The molecular weight excluding hydrogens is 242 g/mol. The quantitative estimate of drug-likeness (QED) is 0.642. The third-order valence-electron chi connectivity index (χ3n) is 2.33. The molecule has 0 spiro atoms. The number of hydrogen-bond acceptors (Lipinski definition) is 6. The second-order valence-corrected chi connectivity index (χ2v) is 4.53. The summed E-state index contributed by atoms with van der Waals surface area (Å²) in [4.78, 5) is 14.6. The standard InChI is InChI=1S/C10H11N3O3S/c1-6(4-14)12-7-2-3-8-9(11-5-17-8)10(7)13(15)16/h2-3,5-6,12,14H,4H2,1H3. The molecule has 0 fully saturated rings. The van der Waals surface area contributed by atoms with Crippen molar-refractivity contribution >= 4 is 32.9 Å². The zero-order valence-corrected chi connectivity index (χ0v) is 9.90. The van der Waals surface area contributed by atoms with E-state index in [1.54, 1.807) is 24.6 Å².